The van der Waals surface area contributed by atoms with Crippen LogP contribution in [0.5, 0.6) is 0 Å². The van der Waals surface area contributed by atoms with Gasteiger partial charge in [-0.3, -0.25) is 14.6 Å². The van der Waals surface area contributed by atoms with Crippen molar-refractivity contribution in [3.63, 3.8) is 0 Å². The van der Waals surface area contributed by atoms with Gasteiger partial charge in [-0.2, -0.15) is 0 Å². The van der Waals surface area contributed by atoms with Crippen LogP contribution in [0.1, 0.15) is 41.6 Å². The van der Waals surface area contributed by atoms with Crippen LogP contribution >= 0.6 is 0 Å². The average molecular weight is 351 g/mol. The van der Waals surface area contributed by atoms with Gasteiger partial charge in [0.25, 0.3) is 5.91 Å². The Morgan fingerprint density at radius 3 is 2.42 bits per heavy atom. The summed E-state index contributed by atoms with van der Waals surface area (Å²) in [6, 6.07) is 13.2. The molecule has 1 aromatic carbocycles. The van der Waals surface area contributed by atoms with Gasteiger partial charge in [0.1, 0.15) is 0 Å². The van der Waals surface area contributed by atoms with Crippen molar-refractivity contribution in [2.75, 3.05) is 13.1 Å². The molecule has 0 spiro atoms. The number of piperidine rings is 1. The number of rotatable bonds is 6. The largest absolute Gasteiger partial charge is 0.352 e. The molecular formula is C21H25N3O2. The van der Waals surface area contributed by atoms with Gasteiger partial charge in [-0.25, -0.2) is 0 Å². The van der Waals surface area contributed by atoms with E-state index in [1.165, 1.54) is 0 Å². The summed E-state index contributed by atoms with van der Waals surface area (Å²) in [6.45, 7) is 2.10. The molecule has 0 atom stereocenters. The first-order chi connectivity index (χ1) is 12.7. The standard InChI is InChI=1S/C21H25N3O2/c25-20(23-16-18-8-12-22-13-9-18)7-6-17-10-14-24(15-11-17)21(26)19-4-2-1-3-5-19/h1-5,8-9,12-13,17H,6-7,10-11,14-16H2,(H,23,25). The molecule has 1 saturated heterocycles. The average Bonchev–Trinajstić information content (AvgIpc) is 2.72. The predicted molar refractivity (Wildman–Crippen MR) is 100 cm³/mol. The Morgan fingerprint density at radius 1 is 1.04 bits per heavy atom. The van der Waals surface area contributed by atoms with Crippen molar-refractivity contribution in [3.8, 4) is 0 Å². The van der Waals surface area contributed by atoms with Crippen molar-refractivity contribution < 1.29 is 9.59 Å². The summed E-state index contributed by atoms with van der Waals surface area (Å²) >= 11 is 0. The van der Waals surface area contributed by atoms with Gasteiger partial charge in [0.05, 0.1) is 0 Å². The Balaban J connectivity index is 1.36. The lowest BCUT2D eigenvalue weighted by atomic mass is 9.91. The van der Waals surface area contributed by atoms with Crippen LogP contribution in [0.2, 0.25) is 0 Å². The van der Waals surface area contributed by atoms with E-state index < -0.39 is 0 Å². The molecule has 3 rings (SSSR count). The second-order valence-corrected chi connectivity index (χ2v) is 6.77. The van der Waals surface area contributed by atoms with E-state index in [0.29, 0.717) is 18.9 Å². The Hall–Kier alpha value is -2.69. The van der Waals surface area contributed by atoms with Crippen molar-refractivity contribution in [3.05, 3.63) is 66.0 Å². The highest BCUT2D eigenvalue weighted by atomic mass is 16.2. The smallest absolute Gasteiger partial charge is 0.253 e. The van der Waals surface area contributed by atoms with Gasteiger partial charge in [-0.15, -0.1) is 0 Å². The SMILES string of the molecule is O=C(CCC1CCN(C(=O)c2ccccc2)CC1)NCc1ccncc1. The third-order valence-corrected chi connectivity index (χ3v) is 4.94. The van der Waals surface area contributed by atoms with Crippen molar-refractivity contribution in [1.29, 1.82) is 0 Å². The first-order valence-corrected chi connectivity index (χ1v) is 9.22. The van der Waals surface area contributed by atoms with Crippen molar-refractivity contribution >= 4 is 11.8 Å². The Bertz CT molecular complexity index is 711. The lowest BCUT2D eigenvalue weighted by molar-refractivity contribution is -0.121. The van der Waals surface area contributed by atoms with Crippen LogP contribution in [0.15, 0.2) is 54.9 Å². The molecule has 1 aliphatic rings. The summed E-state index contributed by atoms with van der Waals surface area (Å²) in [7, 11) is 0. The van der Waals surface area contributed by atoms with Gasteiger partial charge in [-0.1, -0.05) is 18.2 Å². The lowest BCUT2D eigenvalue weighted by Gasteiger charge is -2.32. The molecule has 0 saturated carbocycles. The number of nitrogens with zero attached hydrogens (tertiary/aromatic N) is 2. The molecule has 2 amide bonds. The molecule has 5 heteroatoms. The summed E-state index contributed by atoms with van der Waals surface area (Å²) < 4.78 is 0. The molecule has 0 radical (unpaired) electrons. The minimum absolute atomic E-state index is 0.0876. The van der Waals surface area contributed by atoms with E-state index in [4.69, 9.17) is 0 Å². The van der Waals surface area contributed by atoms with Crippen LogP contribution in [0.3, 0.4) is 0 Å². The number of nitrogens with one attached hydrogen (secondary N) is 1. The van der Waals surface area contributed by atoms with E-state index in [2.05, 4.69) is 10.3 Å². The first-order valence-electron chi connectivity index (χ1n) is 9.22. The van der Waals surface area contributed by atoms with E-state index in [0.717, 1.165) is 43.5 Å². The number of aromatic nitrogens is 1. The monoisotopic (exact) mass is 351 g/mol. The molecule has 0 unspecified atom stereocenters. The number of amides is 2. The first kappa shape index (κ1) is 18.1. The zero-order valence-electron chi connectivity index (χ0n) is 14.9. The van der Waals surface area contributed by atoms with Crippen molar-refractivity contribution in [2.24, 2.45) is 5.92 Å². The number of pyridine rings is 1. The molecule has 0 bridgehead atoms. The Labute approximate surface area is 154 Å². The normalized spacial score (nSPS) is 14.8. The zero-order valence-corrected chi connectivity index (χ0v) is 14.9. The molecule has 0 aliphatic carbocycles. The highest BCUT2D eigenvalue weighted by Gasteiger charge is 2.23. The van der Waals surface area contributed by atoms with Gasteiger partial charge in [-0.05, 0) is 55.0 Å². The molecule has 136 valence electrons. The zero-order chi connectivity index (χ0) is 18.2. The molecule has 1 aromatic heterocycles. The maximum Gasteiger partial charge on any atom is 0.253 e. The fourth-order valence-corrected chi connectivity index (χ4v) is 3.31. The summed E-state index contributed by atoms with van der Waals surface area (Å²) in [4.78, 5) is 30.4. The quantitative estimate of drug-likeness (QED) is 0.870. The third-order valence-electron chi connectivity index (χ3n) is 4.94. The predicted octanol–water partition coefficient (Wildman–Crippen LogP) is 3.03. The van der Waals surface area contributed by atoms with Gasteiger partial charge in [0.2, 0.25) is 5.91 Å². The lowest BCUT2D eigenvalue weighted by Crippen LogP contribution is -2.38. The van der Waals surface area contributed by atoms with Gasteiger partial charge in [0, 0.05) is 44.0 Å². The number of benzene rings is 1. The molecule has 2 heterocycles. The van der Waals surface area contributed by atoms with Crippen LogP contribution < -0.4 is 5.32 Å². The molecule has 1 N–H and O–H groups in total. The number of carbonyl (C=O) groups is 2. The molecule has 5 nitrogen and oxygen atoms in total. The van der Waals surface area contributed by atoms with Gasteiger partial charge in [0.15, 0.2) is 0 Å². The molecule has 1 fully saturated rings. The maximum absolute atomic E-state index is 12.4. The number of hydrogen-bond donors (Lipinski definition) is 1. The fourth-order valence-electron chi connectivity index (χ4n) is 3.31. The van der Waals surface area contributed by atoms with Crippen LogP contribution in [-0.2, 0) is 11.3 Å². The third kappa shape index (κ3) is 5.15. The molecule has 26 heavy (non-hydrogen) atoms. The highest BCUT2D eigenvalue weighted by molar-refractivity contribution is 5.94. The number of carbonyl (C=O) groups excluding carboxylic acids is 2. The van der Waals surface area contributed by atoms with Crippen molar-refractivity contribution in [1.82, 2.24) is 15.2 Å². The number of hydrogen-bond acceptors (Lipinski definition) is 3. The second-order valence-electron chi connectivity index (χ2n) is 6.77. The number of likely N-dealkylation sites (tertiary alicyclic amines) is 1. The molecule has 1 aliphatic heterocycles. The van der Waals surface area contributed by atoms with Crippen LogP contribution in [0.25, 0.3) is 0 Å². The topological polar surface area (TPSA) is 62.3 Å². The van der Waals surface area contributed by atoms with Crippen LogP contribution in [0, 0.1) is 5.92 Å². The van der Waals surface area contributed by atoms with Crippen LogP contribution in [-0.4, -0.2) is 34.8 Å². The molecular weight excluding hydrogens is 326 g/mol. The minimum atomic E-state index is 0.0876. The van der Waals surface area contributed by atoms with E-state index >= 15 is 0 Å². The van der Waals surface area contributed by atoms with Crippen molar-refractivity contribution in [2.45, 2.75) is 32.2 Å². The Kier molecular flexibility index (Phi) is 6.36. The summed E-state index contributed by atoms with van der Waals surface area (Å²) in [5, 5.41) is 2.96. The van der Waals surface area contributed by atoms with Gasteiger partial charge < -0.3 is 10.2 Å². The summed E-state index contributed by atoms with van der Waals surface area (Å²) in [5.41, 5.74) is 1.81. The fraction of sp³-hybridized carbons (Fsp3) is 0.381. The Morgan fingerprint density at radius 2 is 1.73 bits per heavy atom. The van der Waals surface area contributed by atoms with E-state index in [1.54, 1.807) is 12.4 Å². The second kappa shape index (κ2) is 9.13. The highest BCUT2D eigenvalue weighted by Crippen LogP contribution is 2.23. The minimum Gasteiger partial charge on any atom is -0.352 e. The van der Waals surface area contributed by atoms with Crippen LogP contribution in [0.4, 0.5) is 0 Å². The van der Waals surface area contributed by atoms with E-state index in [1.807, 2.05) is 47.4 Å². The maximum atomic E-state index is 12.4. The van der Waals surface area contributed by atoms with E-state index in [9.17, 15) is 9.59 Å². The summed E-state index contributed by atoms with van der Waals surface area (Å²) in [5.74, 6) is 0.713. The molecule has 2 aromatic rings. The van der Waals surface area contributed by atoms with E-state index in [-0.39, 0.29) is 11.8 Å². The van der Waals surface area contributed by atoms with Gasteiger partial charge >= 0.3 is 0 Å². The summed E-state index contributed by atoms with van der Waals surface area (Å²) in [6.07, 6.45) is 6.82.